The number of unbranched alkanes of at least 4 members (excludes halogenated alkanes) is 7. The number of ether oxygens (including phenoxy) is 1. The van der Waals surface area contributed by atoms with Crippen LogP contribution in [-0.4, -0.2) is 37.2 Å². The van der Waals surface area contributed by atoms with Crippen molar-refractivity contribution < 1.29 is 14.0 Å². The van der Waals surface area contributed by atoms with E-state index in [0.717, 1.165) is 18.4 Å². The van der Waals surface area contributed by atoms with Gasteiger partial charge in [-0.1, -0.05) is 81.1 Å². The predicted octanol–water partition coefficient (Wildman–Crippen LogP) is 7.03. The fourth-order valence-electron chi connectivity index (χ4n) is 3.68. The average Bonchev–Trinajstić information content (AvgIpc) is 2.63. The quantitative estimate of drug-likeness (QED) is 0.180. The highest BCUT2D eigenvalue weighted by atomic mass is 35.5. The van der Waals surface area contributed by atoms with Gasteiger partial charge in [0.25, 0.3) is 0 Å². The van der Waals surface area contributed by atoms with E-state index < -0.39 is 0 Å². The number of benzene rings is 1. The van der Waals surface area contributed by atoms with Gasteiger partial charge in [-0.05, 0) is 25.5 Å². The molecule has 0 saturated carbocycles. The Morgan fingerprint density at radius 1 is 0.964 bits per heavy atom. The van der Waals surface area contributed by atoms with Crippen LogP contribution >= 0.6 is 23.2 Å². The molecule has 1 aromatic carbocycles. The Hall–Kier alpha value is -0.770. The fraction of sp³-hybridized carbons (Fsp3) is 0.696. The first-order valence-electron chi connectivity index (χ1n) is 10.7. The molecule has 1 aromatic rings. The van der Waals surface area contributed by atoms with Crippen LogP contribution in [0.1, 0.15) is 77.2 Å². The molecule has 0 fully saturated rings. The molecule has 28 heavy (non-hydrogen) atoms. The minimum atomic E-state index is -0.172. The van der Waals surface area contributed by atoms with E-state index in [2.05, 4.69) is 21.0 Å². The van der Waals surface area contributed by atoms with Crippen molar-refractivity contribution in [1.29, 1.82) is 0 Å². The van der Waals surface area contributed by atoms with Gasteiger partial charge in [-0.15, -0.1) is 0 Å². The van der Waals surface area contributed by atoms with E-state index in [0.29, 0.717) is 27.7 Å². The summed E-state index contributed by atoms with van der Waals surface area (Å²) in [6.07, 6.45) is 10.9. The molecule has 1 rings (SSSR count). The number of esters is 1. The van der Waals surface area contributed by atoms with E-state index in [1.165, 1.54) is 44.9 Å². The van der Waals surface area contributed by atoms with Crippen LogP contribution in [-0.2, 0) is 16.1 Å². The van der Waals surface area contributed by atoms with E-state index >= 15 is 0 Å². The Bertz CT molecular complexity index is 590. The number of carbonyl (C=O) groups excluding carboxylic acids is 1. The third-order valence-electron chi connectivity index (χ3n) is 5.31. The summed E-state index contributed by atoms with van der Waals surface area (Å²) in [4.78, 5) is 12.7. The fourth-order valence-corrected chi connectivity index (χ4v) is 4.00. The maximum absolute atomic E-state index is 12.7. The number of rotatable bonds is 14. The summed E-state index contributed by atoms with van der Waals surface area (Å²) in [5, 5.41) is 1.10. The molecule has 0 aliphatic rings. The van der Waals surface area contributed by atoms with Gasteiger partial charge in [-0.25, -0.2) is 4.79 Å². The average molecular weight is 431 g/mol. The van der Waals surface area contributed by atoms with Crippen LogP contribution in [0.3, 0.4) is 0 Å². The molecule has 0 radical (unpaired) electrons. The molecule has 1 unspecified atom stereocenters. The maximum Gasteiger partial charge on any atom is 0.364 e. The molecule has 0 saturated heterocycles. The van der Waals surface area contributed by atoms with Crippen molar-refractivity contribution in [2.45, 2.75) is 84.2 Å². The Balaban J connectivity index is 2.63. The van der Waals surface area contributed by atoms with Gasteiger partial charge >= 0.3 is 5.97 Å². The molecule has 0 aliphatic heterocycles. The molecule has 160 valence electrons. The number of hydrogen-bond donors (Lipinski definition) is 0. The minimum absolute atomic E-state index is 0.101. The minimum Gasteiger partial charge on any atom is -0.462 e. The molecule has 0 bridgehead atoms. The van der Waals surface area contributed by atoms with Crippen LogP contribution in [0, 0.1) is 0 Å². The molecular formula is C23H38Cl2NO2+. The zero-order valence-electron chi connectivity index (χ0n) is 18.1. The SMILES string of the molecule is CCCCCCCCCCC(C(=O)OCC)[N+](C)(C)Cc1ccc(Cl)c(Cl)c1. The van der Waals surface area contributed by atoms with Crippen LogP contribution in [0.4, 0.5) is 0 Å². The van der Waals surface area contributed by atoms with Crippen molar-refractivity contribution in [3.63, 3.8) is 0 Å². The van der Waals surface area contributed by atoms with E-state index in [9.17, 15) is 4.79 Å². The highest BCUT2D eigenvalue weighted by Crippen LogP contribution is 2.26. The number of likely N-dealkylation sites (N-methyl/N-ethyl adjacent to an activating group) is 1. The third-order valence-corrected chi connectivity index (χ3v) is 6.05. The Morgan fingerprint density at radius 2 is 1.57 bits per heavy atom. The summed E-state index contributed by atoms with van der Waals surface area (Å²) in [5.41, 5.74) is 1.07. The highest BCUT2D eigenvalue weighted by molar-refractivity contribution is 6.42. The van der Waals surface area contributed by atoms with E-state index in [1.807, 2.05) is 25.1 Å². The van der Waals surface area contributed by atoms with Crippen molar-refractivity contribution in [3.8, 4) is 0 Å². The zero-order chi connectivity index (χ0) is 21.0. The first-order valence-corrected chi connectivity index (χ1v) is 11.5. The lowest BCUT2D eigenvalue weighted by atomic mass is 10.0. The van der Waals surface area contributed by atoms with Gasteiger partial charge in [0.1, 0.15) is 6.54 Å². The highest BCUT2D eigenvalue weighted by Gasteiger charge is 2.35. The maximum atomic E-state index is 12.7. The Morgan fingerprint density at radius 3 is 2.14 bits per heavy atom. The van der Waals surface area contributed by atoms with Crippen LogP contribution in [0.25, 0.3) is 0 Å². The summed E-state index contributed by atoms with van der Waals surface area (Å²) < 4.78 is 5.94. The standard InChI is InChI=1S/C23H38Cl2NO2/c1-5-7-8-9-10-11-12-13-14-22(23(27)28-6-2)26(3,4)18-19-15-16-20(24)21(25)17-19/h15-17,22H,5-14,18H2,1-4H3/q+1. The van der Waals surface area contributed by atoms with E-state index in [-0.39, 0.29) is 12.0 Å². The normalized spacial score (nSPS) is 12.8. The van der Waals surface area contributed by atoms with Gasteiger partial charge in [0.2, 0.25) is 0 Å². The van der Waals surface area contributed by atoms with Gasteiger partial charge in [0, 0.05) is 12.0 Å². The summed E-state index contributed by atoms with van der Waals surface area (Å²) in [6, 6.07) is 5.52. The second-order valence-electron chi connectivity index (χ2n) is 8.22. The zero-order valence-corrected chi connectivity index (χ0v) is 19.6. The van der Waals surface area contributed by atoms with Crippen LogP contribution in [0.15, 0.2) is 18.2 Å². The number of halogens is 2. The summed E-state index contributed by atoms with van der Waals surface area (Å²) in [6.45, 7) is 5.23. The first-order chi connectivity index (χ1) is 13.3. The lowest BCUT2D eigenvalue weighted by molar-refractivity contribution is -0.920. The van der Waals surface area contributed by atoms with Crippen molar-refractivity contribution in [2.75, 3.05) is 20.7 Å². The second-order valence-corrected chi connectivity index (χ2v) is 9.03. The number of quaternary nitrogens is 1. The van der Waals surface area contributed by atoms with Crippen molar-refractivity contribution in [2.24, 2.45) is 0 Å². The van der Waals surface area contributed by atoms with Gasteiger partial charge in [-0.2, -0.15) is 0 Å². The van der Waals surface area contributed by atoms with Crippen LogP contribution in [0.2, 0.25) is 10.0 Å². The topological polar surface area (TPSA) is 26.3 Å². The first kappa shape index (κ1) is 25.3. The molecule has 0 aliphatic carbocycles. The summed E-state index contributed by atoms with van der Waals surface area (Å²) in [7, 11) is 4.18. The van der Waals surface area contributed by atoms with Crippen molar-refractivity contribution in [3.05, 3.63) is 33.8 Å². The molecule has 0 amide bonds. The Labute approximate surface area is 181 Å². The lowest BCUT2D eigenvalue weighted by Crippen LogP contribution is -2.52. The molecule has 0 spiro atoms. The number of nitrogens with zero attached hydrogens (tertiary/aromatic N) is 1. The predicted molar refractivity (Wildman–Crippen MR) is 120 cm³/mol. The lowest BCUT2D eigenvalue weighted by Gasteiger charge is -2.36. The number of hydrogen-bond acceptors (Lipinski definition) is 2. The molecular weight excluding hydrogens is 393 g/mol. The van der Waals surface area contributed by atoms with E-state index in [4.69, 9.17) is 27.9 Å². The van der Waals surface area contributed by atoms with Crippen LogP contribution in [0.5, 0.6) is 0 Å². The summed E-state index contributed by atoms with van der Waals surface area (Å²) in [5.74, 6) is -0.101. The van der Waals surface area contributed by atoms with Gasteiger partial charge in [0.15, 0.2) is 6.04 Å². The van der Waals surface area contributed by atoms with Crippen LogP contribution < -0.4 is 0 Å². The molecule has 0 N–H and O–H groups in total. The monoisotopic (exact) mass is 430 g/mol. The Kier molecular flexibility index (Phi) is 12.1. The molecule has 3 nitrogen and oxygen atoms in total. The molecule has 5 heteroatoms. The van der Waals surface area contributed by atoms with Crippen molar-refractivity contribution in [1.82, 2.24) is 0 Å². The number of carbonyl (C=O) groups is 1. The second kappa shape index (κ2) is 13.5. The van der Waals surface area contributed by atoms with Gasteiger partial charge in [0.05, 0.1) is 30.7 Å². The largest absolute Gasteiger partial charge is 0.462 e. The van der Waals surface area contributed by atoms with Crippen molar-refractivity contribution >= 4 is 29.2 Å². The smallest absolute Gasteiger partial charge is 0.364 e. The van der Waals surface area contributed by atoms with Gasteiger partial charge < -0.3 is 9.22 Å². The summed E-state index contributed by atoms with van der Waals surface area (Å²) >= 11 is 12.2. The van der Waals surface area contributed by atoms with E-state index in [1.54, 1.807) is 0 Å². The van der Waals surface area contributed by atoms with Gasteiger partial charge in [-0.3, -0.25) is 0 Å². The third kappa shape index (κ3) is 9.15. The molecule has 0 aromatic heterocycles. The molecule has 1 atom stereocenters. The molecule has 0 heterocycles.